The predicted octanol–water partition coefficient (Wildman–Crippen LogP) is 3.33. The highest BCUT2D eigenvalue weighted by Gasteiger charge is 2.44. The molecule has 23 heavy (non-hydrogen) atoms. The molecule has 0 unspecified atom stereocenters. The van der Waals surface area contributed by atoms with E-state index >= 15 is 0 Å². The van der Waals surface area contributed by atoms with Gasteiger partial charge in [0.1, 0.15) is 5.82 Å². The molecule has 0 bridgehead atoms. The Morgan fingerprint density at radius 2 is 1.96 bits per heavy atom. The van der Waals surface area contributed by atoms with Crippen LogP contribution in [0.1, 0.15) is 44.1 Å². The second kappa shape index (κ2) is 6.11. The van der Waals surface area contributed by atoms with Crippen molar-refractivity contribution in [3.05, 3.63) is 35.6 Å². The van der Waals surface area contributed by atoms with E-state index in [1.165, 1.54) is 12.1 Å². The summed E-state index contributed by atoms with van der Waals surface area (Å²) >= 11 is 0. The van der Waals surface area contributed by atoms with E-state index in [0.717, 1.165) is 24.8 Å². The average molecular weight is 313 g/mol. The van der Waals surface area contributed by atoms with Crippen LogP contribution in [0.15, 0.2) is 34.5 Å². The van der Waals surface area contributed by atoms with Crippen LogP contribution in [0.4, 0.5) is 4.39 Å². The molecule has 3 rings (SSSR count). The Labute approximate surface area is 135 Å². The monoisotopic (exact) mass is 313 g/mol. The number of halogens is 1. The molecule has 1 N–H and O–H groups in total. The molecule has 0 radical (unpaired) electrons. The average Bonchev–Trinajstić information content (AvgIpc) is 3.46. The van der Waals surface area contributed by atoms with Crippen molar-refractivity contribution in [1.82, 2.24) is 5.32 Å². The van der Waals surface area contributed by atoms with E-state index < -0.39 is 5.66 Å². The van der Waals surface area contributed by atoms with Crippen molar-refractivity contribution in [2.45, 2.75) is 49.6 Å². The Morgan fingerprint density at radius 3 is 2.52 bits per heavy atom. The summed E-state index contributed by atoms with van der Waals surface area (Å²) in [6, 6.07) is 6.57. The molecule has 5 heteroatoms. The zero-order valence-corrected chi connectivity index (χ0v) is 13.0. The van der Waals surface area contributed by atoms with Gasteiger partial charge in [0.15, 0.2) is 5.66 Å². The Kier molecular flexibility index (Phi) is 4.16. The number of terminal acetylenes is 1. The highest BCUT2D eigenvalue weighted by atomic mass is 19.1. The number of amides is 1. The highest BCUT2D eigenvalue weighted by molar-refractivity contribution is 5.76. The first-order valence-corrected chi connectivity index (χ1v) is 7.98. The number of carbonyl (C=O) groups excluding carboxylic acids is 1. The van der Waals surface area contributed by atoms with Crippen LogP contribution in [0.5, 0.6) is 0 Å². The Bertz CT molecular complexity index is 650. The summed E-state index contributed by atoms with van der Waals surface area (Å²) in [6.45, 7) is 0.600. The van der Waals surface area contributed by atoms with Crippen molar-refractivity contribution >= 4 is 5.91 Å². The molecular weight excluding hydrogens is 293 g/mol. The van der Waals surface area contributed by atoms with E-state index in [9.17, 15) is 9.18 Å². The van der Waals surface area contributed by atoms with Gasteiger partial charge in [0.25, 0.3) is 0 Å². The summed E-state index contributed by atoms with van der Waals surface area (Å²) in [5.41, 5.74) is 0.674. The molecule has 1 saturated carbocycles. The van der Waals surface area contributed by atoms with E-state index in [-0.39, 0.29) is 17.1 Å². The number of benzene rings is 1. The van der Waals surface area contributed by atoms with Gasteiger partial charge in [0.2, 0.25) is 5.91 Å². The largest absolute Gasteiger partial charge is 0.355 e. The van der Waals surface area contributed by atoms with Crippen LogP contribution in [-0.4, -0.2) is 18.1 Å². The Balaban J connectivity index is 1.44. The summed E-state index contributed by atoms with van der Waals surface area (Å²) in [7, 11) is 0. The molecule has 0 saturated heterocycles. The molecule has 1 heterocycles. The van der Waals surface area contributed by atoms with Crippen molar-refractivity contribution in [2.24, 2.45) is 10.2 Å². The van der Waals surface area contributed by atoms with Crippen LogP contribution in [0.3, 0.4) is 0 Å². The van der Waals surface area contributed by atoms with Crippen molar-refractivity contribution in [3.63, 3.8) is 0 Å². The van der Waals surface area contributed by atoms with Gasteiger partial charge >= 0.3 is 0 Å². The molecule has 0 spiro atoms. The summed E-state index contributed by atoms with van der Waals surface area (Å²) in [6.07, 6.45) is 9.66. The van der Waals surface area contributed by atoms with E-state index in [1.807, 2.05) is 12.1 Å². The number of nitrogens with one attached hydrogen (secondary N) is 1. The van der Waals surface area contributed by atoms with Crippen LogP contribution in [0.25, 0.3) is 0 Å². The first-order chi connectivity index (χ1) is 11.1. The van der Waals surface area contributed by atoms with Crippen molar-refractivity contribution < 1.29 is 9.18 Å². The van der Waals surface area contributed by atoms with Gasteiger partial charge < -0.3 is 5.32 Å². The first kappa shape index (κ1) is 15.7. The van der Waals surface area contributed by atoms with Crippen molar-refractivity contribution in [3.8, 4) is 12.3 Å². The van der Waals surface area contributed by atoms with Gasteiger partial charge in [0, 0.05) is 37.6 Å². The summed E-state index contributed by atoms with van der Waals surface area (Å²) < 4.78 is 13.0. The third-order valence-electron chi connectivity index (χ3n) is 4.74. The summed E-state index contributed by atoms with van der Waals surface area (Å²) in [4.78, 5) is 12.1. The second-order valence-electron chi connectivity index (χ2n) is 6.45. The molecule has 0 aromatic heterocycles. The Hall–Kier alpha value is -2.22. The maximum atomic E-state index is 13.0. The first-order valence-electron chi connectivity index (χ1n) is 7.98. The minimum absolute atomic E-state index is 0.00997. The molecule has 4 nitrogen and oxygen atoms in total. The minimum Gasteiger partial charge on any atom is -0.355 e. The van der Waals surface area contributed by atoms with Gasteiger partial charge in [-0.1, -0.05) is 12.1 Å². The lowest BCUT2D eigenvalue weighted by atomic mass is 9.95. The molecule has 1 fully saturated rings. The van der Waals surface area contributed by atoms with Gasteiger partial charge in [-0.05, 0) is 30.5 Å². The maximum Gasteiger partial charge on any atom is 0.220 e. The van der Waals surface area contributed by atoms with Gasteiger partial charge in [0.05, 0.1) is 0 Å². The van der Waals surface area contributed by atoms with Crippen molar-refractivity contribution in [1.29, 1.82) is 0 Å². The quantitative estimate of drug-likeness (QED) is 0.735. The molecule has 1 aromatic rings. The third-order valence-corrected chi connectivity index (χ3v) is 4.74. The van der Waals surface area contributed by atoms with Crippen LogP contribution in [0, 0.1) is 18.2 Å². The number of rotatable bonds is 8. The molecule has 120 valence electrons. The van der Waals surface area contributed by atoms with Crippen LogP contribution in [0.2, 0.25) is 0 Å². The van der Waals surface area contributed by atoms with Crippen LogP contribution >= 0.6 is 0 Å². The molecule has 1 aliphatic heterocycles. The van der Waals surface area contributed by atoms with E-state index in [1.54, 1.807) is 0 Å². The normalized spacial score (nSPS) is 19.0. The van der Waals surface area contributed by atoms with Crippen molar-refractivity contribution in [2.75, 3.05) is 6.54 Å². The molecule has 0 atom stereocenters. The third kappa shape index (κ3) is 3.76. The number of hydrogen-bond acceptors (Lipinski definition) is 3. The number of nitrogens with zero attached hydrogens (tertiary/aromatic N) is 2. The fourth-order valence-corrected chi connectivity index (χ4v) is 2.86. The Morgan fingerprint density at radius 1 is 1.26 bits per heavy atom. The van der Waals surface area contributed by atoms with Crippen LogP contribution < -0.4 is 5.32 Å². The lowest BCUT2D eigenvalue weighted by Gasteiger charge is -2.17. The topological polar surface area (TPSA) is 53.8 Å². The predicted molar refractivity (Wildman–Crippen MR) is 85.2 cm³/mol. The van der Waals surface area contributed by atoms with E-state index in [2.05, 4.69) is 21.5 Å². The molecule has 2 aliphatic rings. The SMILES string of the molecule is C#CCCC1(CCC(=O)NCC2(c3ccc(F)cc3)CC2)N=N1. The highest BCUT2D eigenvalue weighted by Crippen LogP contribution is 2.47. The standard InChI is InChI=1S/C18H20FN3O/c1-2-3-9-18(21-22-18)10-8-16(23)20-13-17(11-12-17)14-4-6-15(19)7-5-14/h1,4-7H,3,8-13H2,(H,20,23). The van der Waals surface area contributed by atoms with Crippen LogP contribution in [-0.2, 0) is 10.2 Å². The van der Waals surface area contributed by atoms with E-state index in [4.69, 9.17) is 6.42 Å². The fraction of sp³-hybridized carbons (Fsp3) is 0.500. The van der Waals surface area contributed by atoms with Gasteiger partial charge in [-0.25, -0.2) is 4.39 Å². The zero-order chi connectivity index (χ0) is 16.3. The molecule has 1 aliphatic carbocycles. The molecular formula is C18H20FN3O. The molecule has 1 aromatic carbocycles. The summed E-state index contributed by atoms with van der Waals surface area (Å²) in [5.74, 6) is 2.36. The number of hydrogen-bond donors (Lipinski definition) is 1. The minimum atomic E-state index is -0.405. The van der Waals surface area contributed by atoms with Gasteiger partial charge in [-0.3, -0.25) is 4.79 Å². The van der Waals surface area contributed by atoms with Gasteiger partial charge in [-0.15, -0.1) is 12.3 Å². The maximum absolute atomic E-state index is 13.0. The molecule has 1 amide bonds. The summed E-state index contributed by atoms with van der Waals surface area (Å²) in [5, 5.41) is 11.1. The number of carbonyl (C=O) groups is 1. The zero-order valence-electron chi connectivity index (χ0n) is 13.0. The van der Waals surface area contributed by atoms with Gasteiger partial charge in [-0.2, -0.15) is 10.2 Å². The van der Waals surface area contributed by atoms with E-state index in [0.29, 0.717) is 25.8 Å². The smallest absolute Gasteiger partial charge is 0.220 e. The lowest BCUT2D eigenvalue weighted by Crippen LogP contribution is -2.32. The lowest BCUT2D eigenvalue weighted by molar-refractivity contribution is -0.121. The fourth-order valence-electron chi connectivity index (χ4n) is 2.86. The second-order valence-corrected chi connectivity index (χ2v) is 6.45.